The van der Waals surface area contributed by atoms with Crippen LogP contribution in [0.2, 0.25) is 0 Å². The molecule has 2 rings (SSSR count). The van der Waals surface area contributed by atoms with Crippen molar-refractivity contribution in [1.29, 1.82) is 0 Å². The van der Waals surface area contributed by atoms with Gasteiger partial charge < -0.3 is 4.74 Å². The van der Waals surface area contributed by atoms with Crippen molar-refractivity contribution in [3.63, 3.8) is 0 Å². The van der Waals surface area contributed by atoms with Crippen molar-refractivity contribution in [1.82, 2.24) is 0 Å². The molecule has 0 bridgehead atoms. The molecule has 20 heavy (non-hydrogen) atoms. The van der Waals surface area contributed by atoms with Gasteiger partial charge in [0.05, 0.1) is 4.92 Å². The Hall–Kier alpha value is -1.95. The molecule has 0 aliphatic rings. The van der Waals surface area contributed by atoms with Gasteiger partial charge in [0.15, 0.2) is 0 Å². The highest BCUT2D eigenvalue weighted by Crippen LogP contribution is 2.27. The maximum absolute atomic E-state index is 13.5. The van der Waals surface area contributed by atoms with E-state index in [1.54, 1.807) is 18.2 Å². The van der Waals surface area contributed by atoms with Crippen molar-refractivity contribution in [2.24, 2.45) is 0 Å². The summed E-state index contributed by atoms with van der Waals surface area (Å²) in [4.78, 5) is 10.2. The van der Waals surface area contributed by atoms with Crippen LogP contribution in [-0.2, 0) is 11.9 Å². The first-order chi connectivity index (χ1) is 9.61. The van der Waals surface area contributed by atoms with Crippen LogP contribution < -0.4 is 4.74 Å². The second kappa shape index (κ2) is 6.47. The molecule has 0 spiro atoms. The van der Waals surface area contributed by atoms with Crippen LogP contribution in [0.3, 0.4) is 0 Å². The lowest BCUT2D eigenvalue weighted by Gasteiger charge is -2.10. The average Bonchev–Trinajstić information content (AvgIpc) is 2.46. The fourth-order valence-electron chi connectivity index (χ4n) is 1.70. The van der Waals surface area contributed by atoms with Gasteiger partial charge in [0.1, 0.15) is 18.2 Å². The number of nitrogens with zero attached hydrogens (tertiary/aromatic N) is 1. The van der Waals surface area contributed by atoms with Crippen LogP contribution in [-0.4, -0.2) is 4.92 Å². The third-order valence-electron chi connectivity index (χ3n) is 2.74. The zero-order valence-corrected chi connectivity index (χ0v) is 12.0. The van der Waals surface area contributed by atoms with Crippen LogP contribution in [0.5, 0.6) is 5.75 Å². The molecular weight excluding hydrogens is 329 g/mol. The summed E-state index contributed by atoms with van der Waals surface area (Å²) in [7, 11) is 0. The maximum Gasteiger partial charge on any atom is 0.270 e. The van der Waals surface area contributed by atoms with Gasteiger partial charge in [-0.05, 0) is 12.1 Å². The molecule has 0 fully saturated rings. The Bertz CT molecular complexity index is 634. The summed E-state index contributed by atoms with van der Waals surface area (Å²) in [6.45, 7) is 0.0739. The van der Waals surface area contributed by atoms with Crippen molar-refractivity contribution in [2.45, 2.75) is 11.9 Å². The summed E-state index contributed by atoms with van der Waals surface area (Å²) in [5.41, 5.74) is 1.08. The van der Waals surface area contributed by atoms with Crippen LogP contribution in [0.4, 0.5) is 10.1 Å². The van der Waals surface area contributed by atoms with E-state index in [0.717, 1.165) is 0 Å². The Morgan fingerprint density at radius 2 is 1.95 bits per heavy atom. The molecular formula is C14H11BrFNO3. The quantitative estimate of drug-likeness (QED) is 0.465. The predicted molar refractivity (Wildman–Crippen MR) is 76.5 cm³/mol. The van der Waals surface area contributed by atoms with Crippen molar-refractivity contribution >= 4 is 21.6 Å². The molecule has 0 heterocycles. The van der Waals surface area contributed by atoms with Crippen LogP contribution in [0.15, 0.2) is 42.5 Å². The van der Waals surface area contributed by atoms with E-state index in [1.165, 1.54) is 24.3 Å². The Morgan fingerprint density at radius 3 is 2.60 bits per heavy atom. The van der Waals surface area contributed by atoms with Crippen molar-refractivity contribution in [3.8, 4) is 5.75 Å². The third-order valence-corrected chi connectivity index (χ3v) is 3.34. The molecule has 4 nitrogen and oxygen atoms in total. The van der Waals surface area contributed by atoms with E-state index in [2.05, 4.69) is 15.9 Å². The fraction of sp³-hybridized carbons (Fsp3) is 0.143. The lowest BCUT2D eigenvalue weighted by atomic mass is 10.2. The van der Waals surface area contributed by atoms with Gasteiger partial charge in [-0.1, -0.05) is 34.1 Å². The number of ether oxygens (including phenoxy) is 1. The smallest absolute Gasteiger partial charge is 0.270 e. The number of halogens is 2. The van der Waals surface area contributed by atoms with E-state index in [4.69, 9.17) is 4.74 Å². The van der Waals surface area contributed by atoms with Crippen molar-refractivity contribution < 1.29 is 14.1 Å². The second-order valence-electron chi connectivity index (χ2n) is 4.06. The third kappa shape index (κ3) is 3.33. The highest BCUT2D eigenvalue weighted by atomic mass is 79.9. The molecule has 0 saturated carbocycles. The number of nitro benzene ring substituents is 1. The zero-order chi connectivity index (χ0) is 14.5. The summed E-state index contributed by atoms with van der Waals surface area (Å²) in [6, 6.07) is 10.6. The molecule has 0 amide bonds. The maximum atomic E-state index is 13.5. The number of benzene rings is 2. The van der Waals surface area contributed by atoms with E-state index >= 15 is 0 Å². The van der Waals surface area contributed by atoms with Gasteiger partial charge in [-0.25, -0.2) is 4.39 Å². The molecule has 0 radical (unpaired) electrons. The highest BCUT2D eigenvalue weighted by molar-refractivity contribution is 9.08. The van der Waals surface area contributed by atoms with Gasteiger partial charge in [0.25, 0.3) is 5.69 Å². The molecule has 0 atom stereocenters. The lowest BCUT2D eigenvalue weighted by Crippen LogP contribution is -2.00. The van der Waals surface area contributed by atoms with Gasteiger partial charge in [-0.3, -0.25) is 10.1 Å². The SMILES string of the molecule is O=[N+]([O-])c1ccc(OCc2ccccc2F)c(CBr)c1. The molecule has 0 aromatic heterocycles. The van der Waals surface area contributed by atoms with Crippen LogP contribution in [0.25, 0.3) is 0 Å². The Balaban J connectivity index is 2.17. The second-order valence-corrected chi connectivity index (χ2v) is 4.62. The van der Waals surface area contributed by atoms with E-state index < -0.39 is 4.92 Å². The van der Waals surface area contributed by atoms with Crippen LogP contribution >= 0.6 is 15.9 Å². The average molecular weight is 340 g/mol. The normalized spacial score (nSPS) is 10.3. The predicted octanol–water partition coefficient (Wildman–Crippen LogP) is 4.21. The molecule has 2 aromatic rings. The number of rotatable bonds is 5. The van der Waals surface area contributed by atoms with Gasteiger partial charge in [-0.15, -0.1) is 0 Å². The zero-order valence-electron chi connectivity index (χ0n) is 10.4. The first kappa shape index (κ1) is 14.5. The summed E-state index contributed by atoms with van der Waals surface area (Å²) in [5, 5.41) is 11.1. The van der Waals surface area contributed by atoms with Gasteiger partial charge >= 0.3 is 0 Å². The largest absolute Gasteiger partial charge is 0.488 e. The summed E-state index contributed by atoms with van der Waals surface area (Å²) >= 11 is 3.26. The number of non-ortho nitro benzene ring substituents is 1. The van der Waals surface area contributed by atoms with E-state index in [-0.39, 0.29) is 18.1 Å². The molecule has 0 aliphatic carbocycles. The Kier molecular flexibility index (Phi) is 4.68. The Morgan fingerprint density at radius 1 is 1.20 bits per heavy atom. The standard InChI is InChI=1S/C14H11BrFNO3/c15-8-11-7-12(17(18)19)5-6-14(11)20-9-10-3-1-2-4-13(10)16/h1-7H,8-9H2. The molecule has 0 unspecified atom stereocenters. The molecule has 2 aromatic carbocycles. The van der Waals surface area contributed by atoms with Crippen LogP contribution in [0.1, 0.15) is 11.1 Å². The molecule has 104 valence electrons. The number of hydrogen-bond acceptors (Lipinski definition) is 3. The lowest BCUT2D eigenvalue weighted by molar-refractivity contribution is -0.384. The molecule has 6 heteroatoms. The summed E-state index contributed by atoms with van der Waals surface area (Å²) in [6.07, 6.45) is 0. The van der Waals surface area contributed by atoms with E-state index in [1.807, 2.05) is 0 Å². The number of alkyl halides is 1. The molecule has 0 aliphatic heterocycles. The van der Waals surface area contributed by atoms with Crippen LogP contribution in [0, 0.1) is 15.9 Å². The minimum absolute atomic E-state index is 0.00214. The summed E-state index contributed by atoms with van der Waals surface area (Å²) < 4.78 is 19.0. The monoisotopic (exact) mass is 339 g/mol. The first-order valence-corrected chi connectivity index (χ1v) is 6.93. The first-order valence-electron chi connectivity index (χ1n) is 5.81. The van der Waals surface area contributed by atoms with Gasteiger partial charge in [-0.2, -0.15) is 0 Å². The fourth-order valence-corrected chi connectivity index (χ4v) is 2.13. The Labute approximate surface area is 123 Å². The number of nitro groups is 1. The molecule has 0 saturated heterocycles. The van der Waals surface area contributed by atoms with E-state index in [0.29, 0.717) is 22.2 Å². The summed E-state index contributed by atoms with van der Waals surface area (Å²) in [5.74, 6) is 0.158. The van der Waals surface area contributed by atoms with Gasteiger partial charge in [0.2, 0.25) is 0 Å². The van der Waals surface area contributed by atoms with Crippen molar-refractivity contribution in [3.05, 3.63) is 69.5 Å². The minimum Gasteiger partial charge on any atom is -0.488 e. The minimum atomic E-state index is -0.465. The van der Waals surface area contributed by atoms with Gasteiger partial charge in [0, 0.05) is 28.6 Å². The van der Waals surface area contributed by atoms with Crippen molar-refractivity contribution in [2.75, 3.05) is 0 Å². The topological polar surface area (TPSA) is 52.4 Å². The van der Waals surface area contributed by atoms with E-state index in [9.17, 15) is 14.5 Å². The number of hydrogen-bond donors (Lipinski definition) is 0. The highest BCUT2D eigenvalue weighted by Gasteiger charge is 2.11. The molecule has 0 N–H and O–H groups in total.